The number of halogens is 1. The molecule has 198 valence electrons. The van der Waals surface area contributed by atoms with Crippen molar-refractivity contribution in [2.75, 3.05) is 51.7 Å². The number of nitro groups is 1. The Hall–Kier alpha value is -2.49. The van der Waals surface area contributed by atoms with Crippen LogP contribution in [0, 0.1) is 10.1 Å². The summed E-state index contributed by atoms with van der Waals surface area (Å²) in [6.07, 6.45) is -0.0148. The lowest BCUT2D eigenvalue weighted by Crippen LogP contribution is -3.00. The van der Waals surface area contributed by atoms with Crippen molar-refractivity contribution in [3.63, 3.8) is 0 Å². The zero-order valence-corrected chi connectivity index (χ0v) is 23.6. The number of piperazine rings is 1. The maximum Gasteiger partial charge on any atom is 0.359 e. The fourth-order valence-electron chi connectivity index (χ4n) is 4.07. The first-order valence-corrected chi connectivity index (χ1v) is 12.6. The molecule has 0 aromatic heterocycles. The van der Waals surface area contributed by atoms with Gasteiger partial charge in [0.05, 0.1) is 30.0 Å². The summed E-state index contributed by atoms with van der Waals surface area (Å²) in [5, 5.41) is 20.8. The second-order valence-corrected chi connectivity index (χ2v) is 11.1. The predicted molar refractivity (Wildman–Crippen MR) is 132 cm³/mol. The van der Waals surface area contributed by atoms with Crippen LogP contribution in [0.5, 0.6) is 5.75 Å². The summed E-state index contributed by atoms with van der Waals surface area (Å²) >= 11 is 0. The molecule has 13 heteroatoms. The topological polar surface area (TPSA) is 130 Å². The Bertz CT molecular complexity index is 1200. The van der Waals surface area contributed by atoms with Gasteiger partial charge in [-0.05, 0) is 44.2 Å². The Morgan fingerprint density at radius 2 is 1.69 bits per heavy atom. The molecular formula is C23H31IN4O7S. The molecule has 0 atom stereocenters. The van der Waals surface area contributed by atoms with Crippen molar-refractivity contribution < 1.29 is 52.0 Å². The molecule has 1 aliphatic heterocycles. The average molecular weight is 634 g/mol. The van der Waals surface area contributed by atoms with Gasteiger partial charge in [-0.2, -0.15) is 4.31 Å². The lowest BCUT2D eigenvalue weighted by atomic mass is 10.1. The van der Waals surface area contributed by atoms with Gasteiger partial charge in [-0.15, -0.1) is 0 Å². The van der Waals surface area contributed by atoms with Crippen LogP contribution < -0.4 is 38.1 Å². The Morgan fingerprint density at radius 3 is 2.19 bits per heavy atom. The first-order chi connectivity index (χ1) is 16.3. The van der Waals surface area contributed by atoms with Gasteiger partial charge >= 0.3 is 11.7 Å². The summed E-state index contributed by atoms with van der Waals surface area (Å²) in [4.78, 5) is 24.5. The van der Waals surface area contributed by atoms with E-state index in [9.17, 15) is 28.4 Å². The maximum absolute atomic E-state index is 13.1. The fraction of sp³-hybridized carbons (Fsp3) is 0.435. The first-order valence-electron chi connectivity index (χ1n) is 11.2. The summed E-state index contributed by atoms with van der Waals surface area (Å²) in [6, 6.07) is 10.9. The fourth-order valence-corrected chi connectivity index (χ4v) is 5.49. The van der Waals surface area contributed by atoms with Crippen LogP contribution in [0.1, 0.15) is 13.8 Å². The van der Waals surface area contributed by atoms with Crippen molar-refractivity contribution in [2.45, 2.75) is 24.8 Å². The number of rotatable bonds is 9. The lowest BCUT2D eigenvalue weighted by molar-refractivity contribution is -0.384. The minimum Gasteiger partial charge on any atom is -1.00 e. The molecule has 0 amide bonds. The molecule has 2 aromatic rings. The highest BCUT2D eigenvalue weighted by Crippen LogP contribution is 2.35. The maximum atomic E-state index is 13.1. The number of sulfonamides is 1. The highest BCUT2D eigenvalue weighted by atomic mass is 127. The SMILES string of the molecule is CC(C)Oc1ccc(S(=O)(=O)N2CCN(c3ccc([N+](=O)[O-])c([N+](C)(C)CC(=O)O)c3)CC2)cc1.[I-]. The molecule has 3 rings (SSSR count). The molecule has 1 heterocycles. The van der Waals surface area contributed by atoms with E-state index in [1.807, 2.05) is 18.7 Å². The average Bonchev–Trinajstić information content (AvgIpc) is 2.78. The largest absolute Gasteiger partial charge is 1.00 e. The molecule has 1 fully saturated rings. The van der Waals surface area contributed by atoms with Gasteiger partial charge in [-0.1, -0.05) is 0 Å². The summed E-state index contributed by atoms with van der Waals surface area (Å²) in [5.41, 5.74) is 0.786. The number of likely N-dealkylation sites (N-methyl/N-ethyl adjacent to an activating group) is 1. The van der Waals surface area contributed by atoms with Crippen LogP contribution in [-0.2, 0) is 14.8 Å². The van der Waals surface area contributed by atoms with Crippen LogP contribution in [0.15, 0.2) is 47.4 Å². The summed E-state index contributed by atoms with van der Waals surface area (Å²) in [7, 11) is -0.483. The molecule has 0 radical (unpaired) electrons. The number of benzene rings is 2. The number of hydrogen-bond acceptors (Lipinski definition) is 7. The van der Waals surface area contributed by atoms with Crippen LogP contribution in [0.25, 0.3) is 0 Å². The van der Waals surface area contributed by atoms with Gasteiger partial charge in [0.25, 0.3) is 0 Å². The Balaban J connectivity index is 0.00000456. The molecular weight excluding hydrogens is 603 g/mol. The molecule has 0 spiro atoms. The van der Waals surface area contributed by atoms with Crippen LogP contribution in [0.4, 0.5) is 17.1 Å². The molecule has 36 heavy (non-hydrogen) atoms. The number of carboxylic acid groups (broad SMARTS) is 1. The number of nitrogens with zero attached hydrogens (tertiary/aromatic N) is 4. The molecule has 0 unspecified atom stereocenters. The van der Waals surface area contributed by atoms with Crippen LogP contribution in [0.3, 0.4) is 0 Å². The normalized spacial score (nSPS) is 14.9. The van der Waals surface area contributed by atoms with E-state index in [1.165, 1.54) is 22.5 Å². The number of anilines is 1. The van der Waals surface area contributed by atoms with Crippen molar-refractivity contribution in [3.8, 4) is 5.75 Å². The molecule has 0 bridgehead atoms. The van der Waals surface area contributed by atoms with Crippen LogP contribution in [-0.4, -0.2) is 81.6 Å². The molecule has 1 saturated heterocycles. The lowest BCUT2D eigenvalue weighted by Gasteiger charge is -2.36. The number of nitro benzene ring substituents is 1. The van der Waals surface area contributed by atoms with Crippen LogP contribution >= 0.6 is 0 Å². The standard InChI is InChI=1S/C23H30N4O7S.HI/c1-17(2)34-19-6-8-20(9-7-19)35(32,33)25-13-11-24(12-14-25)18-5-10-21(26(30)31)22(15-18)27(3,4)16-23(28)29;/h5-10,15,17H,11-14,16H2,1-4H3;1H. The van der Waals surface area contributed by atoms with Crippen LogP contribution in [0.2, 0.25) is 0 Å². The van der Waals surface area contributed by atoms with Gasteiger partial charge in [0, 0.05) is 44.0 Å². The summed E-state index contributed by atoms with van der Waals surface area (Å²) in [5.74, 6) is -0.473. The second-order valence-electron chi connectivity index (χ2n) is 9.20. The molecule has 0 aliphatic carbocycles. The van der Waals surface area contributed by atoms with E-state index in [2.05, 4.69) is 0 Å². The van der Waals surface area contributed by atoms with Crippen molar-refractivity contribution >= 4 is 33.1 Å². The van der Waals surface area contributed by atoms with Gasteiger partial charge in [-0.25, -0.2) is 13.2 Å². The van der Waals surface area contributed by atoms with Gasteiger partial charge in [0.1, 0.15) is 5.75 Å². The third-order valence-electron chi connectivity index (χ3n) is 5.78. The number of hydrogen-bond donors (Lipinski definition) is 1. The minimum absolute atomic E-state index is 0. The van der Waals surface area contributed by atoms with E-state index in [1.54, 1.807) is 38.4 Å². The quantitative estimate of drug-likeness (QED) is 0.170. The molecule has 1 N–H and O–H groups in total. The van der Waals surface area contributed by atoms with Gasteiger partial charge < -0.3 is 38.7 Å². The van der Waals surface area contributed by atoms with E-state index < -0.39 is 20.9 Å². The van der Waals surface area contributed by atoms with E-state index >= 15 is 0 Å². The van der Waals surface area contributed by atoms with Gasteiger partial charge in [0.15, 0.2) is 6.54 Å². The molecule has 2 aromatic carbocycles. The second kappa shape index (κ2) is 11.7. The Kier molecular flexibility index (Phi) is 9.67. The molecule has 11 nitrogen and oxygen atoms in total. The predicted octanol–water partition coefficient (Wildman–Crippen LogP) is -0.452. The van der Waals surface area contributed by atoms with E-state index in [0.717, 1.165) is 0 Å². The third kappa shape index (κ3) is 6.83. The van der Waals surface area contributed by atoms with E-state index in [4.69, 9.17) is 4.74 Å². The number of ether oxygens (including phenoxy) is 1. The number of carboxylic acids is 1. The first kappa shape index (κ1) is 29.7. The Labute approximate surface area is 228 Å². The van der Waals surface area contributed by atoms with Crippen molar-refractivity contribution in [1.82, 2.24) is 8.79 Å². The van der Waals surface area contributed by atoms with Gasteiger partial charge in [0.2, 0.25) is 15.7 Å². The number of aliphatic carboxylic acids is 1. The third-order valence-corrected chi connectivity index (χ3v) is 7.69. The van der Waals surface area contributed by atoms with Gasteiger partial charge in [-0.3, -0.25) is 14.6 Å². The highest BCUT2D eigenvalue weighted by molar-refractivity contribution is 7.89. The van der Waals surface area contributed by atoms with E-state index in [0.29, 0.717) is 24.5 Å². The molecule has 1 aliphatic rings. The zero-order chi connectivity index (χ0) is 26.0. The minimum atomic E-state index is -3.68. The van der Waals surface area contributed by atoms with Crippen molar-refractivity contribution in [1.29, 1.82) is 0 Å². The van der Waals surface area contributed by atoms with E-state index in [-0.39, 0.29) is 70.5 Å². The summed E-state index contributed by atoms with van der Waals surface area (Å²) < 4.78 is 33.0. The Morgan fingerprint density at radius 1 is 1.11 bits per heavy atom. The van der Waals surface area contributed by atoms with Crippen molar-refractivity contribution in [2.24, 2.45) is 0 Å². The van der Waals surface area contributed by atoms with Crippen molar-refractivity contribution in [3.05, 3.63) is 52.6 Å². The molecule has 0 saturated carbocycles. The number of quaternary nitrogens is 1. The monoisotopic (exact) mass is 634 g/mol. The zero-order valence-electron chi connectivity index (χ0n) is 20.6. The smallest absolute Gasteiger partial charge is 0.359 e. The number of carbonyl (C=O) groups is 1. The highest BCUT2D eigenvalue weighted by Gasteiger charge is 2.34. The summed E-state index contributed by atoms with van der Waals surface area (Å²) in [6.45, 7) is 4.72.